The first-order valence-corrected chi connectivity index (χ1v) is 6.41. The van der Waals surface area contributed by atoms with E-state index in [9.17, 15) is 0 Å². The van der Waals surface area contributed by atoms with E-state index in [2.05, 4.69) is 4.90 Å². The van der Waals surface area contributed by atoms with Crippen LogP contribution >= 0.6 is 0 Å². The summed E-state index contributed by atoms with van der Waals surface area (Å²) >= 11 is 0. The molecule has 0 aromatic carbocycles. The molecule has 0 aromatic heterocycles. The van der Waals surface area contributed by atoms with Crippen molar-refractivity contribution in [1.29, 1.82) is 0 Å². The predicted octanol–water partition coefficient (Wildman–Crippen LogP) is 2.21. The molecule has 0 N–H and O–H groups in total. The maximum atomic E-state index is 5.43. The van der Waals surface area contributed by atoms with Gasteiger partial charge in [-0.3, -0.25) is 0 Å². The molecule has 0 aromatic rings. The Labute approximate surface area is 92.3 Å². The number of piperidine rings is 1. The number of hydrogen-bond acceptors (Lipinski definition) is 2. The number of nitrogens with zero attached hydrogens (tertiary/aromatic N) is 1. The van der Waals surface area contributed by atoms with Gasteiger partial charge in [-0.05, 0) is 38.0 Å². The lowest BCUT2D eigenvalue weighted by molar-refractivity contribution is 0.163. The van der Waals surface area contributed by atoms with Crippen molar-refractivity contribution < 1.29 is 4.74 Å². The lowest BCUT2D eigenvalue weighted by Gasteiger charge is -2.30. The average molecular weight is 207 g/mol. The number of ether oxygens (including phenoxy) is 1. The van der Waals surface area contributed by atoms with E-state index in [1.807, 2.05) is 0 Å². The number of hydrogen-bond donors (Lipinski definition) is 0. The zero-order valence-corrected chi connectivity index (χ0v) is 9.50. The van der Waals surface area contributed by atoms with E-state index in [0.717, 1.165) is 19.1 Å². The van der Waals surface area contributed by atoms with Crippen LogP contribution in [0.2, 0.25) is 0 Å². The lowest BCUT2D eigenvalue weighted by Crippen LogP contribution is -2.35. The molecule has 3 aliphatic rings. The fraction of sp³-hybridized carbons (Fsp3) is 0.846. The minimum Gasteiger partial charge on any atom is -0.381 e. The van der Waals surface area contributed by atoms with Crippen LogP contribution in [0, 0.1) is 5.92 Å². The van der Waals surface area contributed by atoms with Crippen molar-refractivity contribution >= 4 is 0 Å². The van der Waals surface area contributed by atoms with Crippen molar-refractivity contribution in [2.45, 2.75) is 32.1 Å². The van der Waals surface area contributed by atoms with Crippen LogP contribution in [0.4, 0.5) is 0 Å². The van der Waals surface area contributed by atoms with Gasteiger partial charge in [0.15, 0.2) is 0 Å². The van der Waals surface area contributed by atoms with Gasteiger partial charge in [0, 0.05) is 26.2 Å². The molecule has 15 heavy (non-hydrogen) atoms. The second-order valence-electron chi connectivity index (χ2n) is 5.24. The topological polar surface area (TPSA) is 12.5 Å². The molecule has 1 saturated carbocycles. The van der Waals surface area contributed by atoms with Gasteiger partial charge in [-0.2, -0.15) is 0 Å². The molecular formula is C13H21NO. The van der Waals surface area contributed by atoms with Gasteiger partial charge >= 0.3 is 0 Å². The lowest BCUT2D eigenvalue weighted by atomic mass is 10.0. The van der Waals surface area contributed by atoms with E-state index >= 15 is 0 Å². The summed E-state index contributed by atoms with van der Waals surface area (Å²) in [6.07, 6.45) is 6.80. The van der Waals surface area contributed by atoms with Gasteiger partial charge in [-0.1, -0.05) is 11.1 Å². The van der Waals surface area contributed by atoms with Crippen LogP contribution < -0.4 is 0 Å². The van der Waals surface area contributed by atoms with E-state index in [4.69, 9.17) is 4.74 Å². The fourth-order valence-electron chi connectivity index (χ4n) is 2.87. The normalized spacial score (nSPS) is 32.4. The van der Waals surface area contributed by atoms with E-state index in [0.29, 0.717) is 0 Å². The molecule has 0 amide bonds. The summed E-state index contributed by atoms with van der Waals surface area (Å²) in [4.78, 5) is 2.64. The molecule has 0 bridgehead atoms. The first kappa shape index (κ1) is 9.86. The van der Waals surface area contributed by atoms with Crippen LogP contribution in [0.5, 0.6) is 0 Å². The summed E-state index contributed by atoms with van der Waals surface area (Å²) in [5.41, 5.74) is 3.59. The highest BCUT2D eigenvalue weighted by molar-refractivity contribution is 5.26. The molecule has 2 heteroatoms. The molecule has 84 valence electrons. The van der Waals surface area contributed by atoms with Crippen molar-refractivity contribution in [2.24, 2.45) is 5.92 Å². The Hall–Kier alpha value is -0.340. The highest BCUT2D eigenvalue weighted by Gasteiger charge is 2.24. The SMILES string of the molecule is C1CC(CN2CCC(=C3CC3)CC2)CO1. The standard InChI is InChI=1S/C13H21NO/c1-2-12(1)13-3-6-14(7-4-13)9-11-5-8-15-10-11/h11H,1-10H2. The van der Waals surface area contributed by atoms with Gasteiger partial charge in [0.25, 0.3) is 0 Å². The summed E-state index contributed by atoms with van der Waals surface area (Å²) in [5.74, 6) is 0.820. The molecule has 1 unspecified atom stereocenters. The van der Waals surface area contributed by atoms with Gasteiger partial charge < -0.3 is 9.64 Å². The molecular weight excluding hydrogens is 186 g/mol. The Balaban J connectivity index is 1.47. The zero-order valence-electron chi connectivity index (χ0n) is 9.50. The van der Waals surface area contributed by atoms with Crippen LogP contribution in [-0.2, 0) is 4.74 Å². The average Bonchev–Trinajstić information content (AvgIpc) is 2.99. The third-order valence-corrected chi connectivity index (χ3v) is 4.00. The Morgan fingerprint density at radius 2 is 1.80 bits per heavy atom. The summed E-state index contributed by atoms with van der Waals surface area (Å²) in [7, 11) is 0. The number of rotatable bonds is 2. The Bertz CT molecular complexity index is 250. The Kier molecular flexibility index (Phi) is 2.80. The third-order valence-electron chi connectivity index (χ3n) is 4.00. The zero-order chi connectivity index (χ0) is 10.1. The van der Waals surface area contributed by atoms with Gasteiger partial charge in [-0.15, -0.1) is 0 Å². The second kappa shape index (κ2) is 4.26. The quantitative estimate of drug-likeness (QED) is 0.644. The molecule has 3 fully saturated rings. The summed E-state index contributed by atoms with van der Waals surface area (Å²) in [5, 5.41) is 0. The summed E-state index contributed by atoms with van der Waals surface area (Å²) in [6, 6.07) is 0. The Morgan fingerprint density at radius 1 is 1.07 bits per heavy atom. The molecule has 2 heterocycles. The maximum Gasteiger partial charge on any atom is 0.0507 e. The van der Waals surface area contributed by atoms with Gasteiger partial charge in [0.2, 0.25) is 0 Å². The number of likely N-dealkylation sites (tertiary alicyclic amines) is 1. The molecule has 2 nitrogen and oxygen atoms in total. The summed E-state index contributed by atoms with van der Waals surface area (Å²) < 4.78 is 5.43. The molecule has 0 spiro atoms. The predicted molar refractivity (Wildman–Crippen MR) is 60.9 cm³/mol. The monoisotopic (exact) mass is 207 g/mol. The third kappa shape index (κ3) is 2.43. The largest absolute Gasteiger partial charge is 0.381 e. The highest BCUT2D eigenvalue weighted by atomic mass is 16.5. The molecule has 1 aliphatic carbocycles. The van der Waals surface area contributed by atoms with Crippen molar-refractivity contribution in [3.8, 4) is 0 Å². The van der Waals surface area contributed by atoms with Crippen LogP contribution in [0.15, 0.2) is 11.1 Å². The van der Waals surface area contributed by atoms with Crippen molar-refractivity contribution in [3.05, 3.63) is 11.1 Å². The minimum atomic E-state index is 0.820. The first-order valence-electron chi connectivity index (χ1n) is 6.41. The van der Waals surface area contributed by atoms with Crippen LogP contribution in [0.1, 0.15) is 32.1 Å². The van der Waals surface area contributed by atoms with E-state index in [-0.39, 0.29) is 0 Å². The van der Waals surface area contributed by atoms with Crippen molar-refractivity contribution in [1.82, 2.24) is 4.90 Å². The Morgan fingerprint density at radius 3 is 2.40 bits per heavy atom. The van der Waals surface area contributed by atoms with Crippen molar-refractivity contribution in [3.63, 3.8) is 0 Å². The van der Waals surface area contributed by atoms with E-state index in [1.165, 1.54) is 51.7 Å². The van der Waals surface area contributed by atoms with Crippen molar-refractivity contribution in [2.75, 3.05) is 32.8 Å². The van der Waals surface area contributed by atoms with Gasteiger partial charge in [0.05, 0.1) is 6.61 Å². The van der Waals surface area contributed by atoms with Crippen LogP contribution in [0.3, 0.4) is 0 Å². The molecule has 3 rings (SSSR count). The van der Waals surface area contributed by atoms with Gasteiger partial charge in [0.1, 0.15) is 0 Å². The fourth-order valence-corrected chi connectivity index (χ4v) is 2.87. The minimum absolute atomic E-state index is 0.820. The van der Waals surface area contributed by atoms with Crippen LogP contribution in [-0.4, -0.2) is 37.7 Å². The van der Waals surface area contributed by atoms with E-state index in [1.54, 1.807) is 11.1 Å². The molecule has 2 saturated heterocycles. The summed E-state index contributed by atoms with van der Waals surface area (Å²) in [6.45, 7) is 5.88. The first-order chi connectivity index (χ1) is 7.42. The second-order valence-corrected chi connectivity index (χ2v) is 5.24. The maximum absolute atomic E-state index is 5.43. The van der Waals surface area contributed by atoms with Gasteiger partial charge in [-0.25, -0.2) is 0 Å². The van der Waals surface area contributed by atoms with Crippen LogP contribution in [0.25, 0.3) is 0 Å². The molecule has 0 radical (unpaired) electrons. The molecule has 1 atom stereocenters. The smallest absolute Gasteiger partial charge is 0.0507 e. The highest BCUT2D eigenvalue weighted by Crippen LogP contribution is 2.36. The van der Waals surface area contributed by atoms with E-state index < -0.39 is 0 Å². The number of allylic oxidation sites excluding steroid dienone is 1. The molecule has 2 aliphatic heterocycles.